The van der Waals surface area contributed by atoms with Gasteiger partial charge in [-0.2, -0.15) is 0 Å². The van der Waals surface area contributed by atoms with Gasteiger partial charge in [-0.3, -0.25) is 0 Å². The lowest BCUT2D eigenvalue weighted by molar-refractivity contribution is 0.692. The Bertz CT molecular complexity index is 440. The lowest BCUT2D eigenvalue weighted by atomic mass is 10.2. The molecule has 1 N–H and O–H groups in total. The number of rotatable bonds is 9. The molecule has 1 fully saturated rings. The number of nitrogens with one attached hydrogen (secondary N) is 1. The van der Waals surface area contributed by atoms with Gasteiger partial charge in [-0.05, 0) is 25.7 Å². The summed E-state index contributed by atoms with van der Waals surface area (Å²) < 4.78 is 0. The van der Waals surface area contributed by atoms with Crippen LogP contribution in [-0.2, 0) is 0 Å². The van der Waals surface area contributed by atoms with E-state index in [-0.39, 0.29) is 0 Å². The Labute approximate surface area is 129 Å². The van der Waals surface area contributed by atoms with E-state index in [2.05, 4.69) is 49.0 Å². The third kappa shape index (κ3) is 4.58. The van der Waals surface area contributed by atoms with E-state index in [1.54, 1.807) is 0 Å². The highest BCUT2D eigenvalue weighted by Gasteiger charge is 2.30. The van der Waals surface area contributed by atoms with Gasteiger partial charge in [0.05, 0.1) is 0 Å². The van der Waals surface area contributed by atoms with Crippen LogP contribution in [0.25, 0.3) is 0 Å². The van der Waals surface area contributed by atoms with Crippen molar-refractivity contribution in [3.63, 3.8) is 0 Å². The van der Waals surface area contributed by atoms with Crippen LogP contribution in [0.2, 0.25) is 0 Å². The van der Waals surface area contributed by atoms with Crippen molar-refractivity contribution < 1.29 is 0 Å². The molecule has 1 aliphatic rings. The molecule has 1 aromatic rings. The van der Waals surface area contributed by atoms with Crippen LogP contribution in [0.15, 0.2) is 6.07 Å². The monoisotopic (exact) mass is 290 g/mol. The molecule has 0 unspecified atom stereocenters. The highest BCUT2D eigenvalue weighted by Crippen LogP contribution is 2.32. The van der Waals surface area contributed by atoms with Crippen LogP contribution in [0.4, 0.5) is 11.6 Å². The number of nitrogens with zero attached hydrogens (tertiary/aromatic N) is 3. The molecule has 0 radical (unpaired) electrons. The number of hydrogen-bond acceptors (Lipinski definition) is 4. The minimum Gasteiger partial charge on any atom is -0.370 e. The molecular weight excluding hydrogens is 260 g/mol. The Morgan fingerprint density at radius 3 is 2.57 bits per heavy atom. The Morgan fingerprint density at radius 2 is 2.00 bits per heavy atom. The van der Waals surface area contributed by atoms with E-state index in [4.69, 9.17) is 4.98 Å². The fourth-order valence-corrected chi connectivity index (χ4v) is 2.40. The molecule has 2 rings (SSSR count). The van der Waals surface area contributed by atoms with Crippen molar-refractivity contribution in [2.75, 3.05) is 23.3 Å². The normalized spacial score (nSPS) is 14.5. The van der Waals surface area contributed by atoms with Gasteiger partial charge in [0.2, 0.25) is 0 Å². The average molecular weight is 290 g/mol. The molecule has 1 saturated carbocycles. The highest BCUT2D eigenvalue weighted by atomic mass is 15.2. The smallest absolute Gasteiger partial charge is 0.135 e. The summed E-state index contributed by atoms with van der Waals surface area (Å²) in [7, 11) is 0. The average Bonchev–Trinajstić information content (AvgIpc) is 3.30. The summed E-state index contributed by atoms with van der Waals surface area (Å²) in [4.78, 5) is 12.0. The maximum atomic E-state index is 4.83. The number of unbranched alkanes of at least 4 members (excludes halogenated alkanes) is 1. The van der Waals surface area contributed by atoms with E-state index in [1.807, 2.05) is 0 Å². The van der Waals surface area contributed by atoms with Crippen molar-refractivity contribution in [3.05, 3.63) is 11.9 Å². The van der Waals surface area contributed by atoms with Crippen LogP contribution in [0, 0.1) is 0 Å². The quantitative estimate of drug-likeness (QED) is 0.740. The van der Waals surface area contributed by atoms with Crippen LogP contribution < -0.4 is 10.2 Å². The van der Waals surface area contributed by atoms with Gasteiger partial charge in [0, 0.05) is 31.1 Å². The Hall–Kier alpha value is -1.32. The van der Waals surface area contributed by atoms with Crippen LogP contribution in [0.1, 0.15) is 71.5 Å². The Morgan fingerprint density at radius 1 is 1.24 bits per heavy atom. The molecular formula is C17H30N4. The van der Waals surface area contributed by atoms with Gasteiger partial charge in [-0.15, -0.1) is 0 Å². The van der Waals surface area contributed by atoms with Gasteiger partial charge in [0.25, 0.3) is 0 Å². The minimum atomic E-state index is 0.361. The van der Waals surface area contributed by atoms with Gasteiger partial charge in [-0.1, -0.05) is 34.1 Å². The first-order chi connectivity index (χ1) is 10.2. The Kier molecular flexibility index (Phi) is 5.83. The van der Waals surface area contributed by atoms with E-state index < -0.39 is 0 Å². The van der Waals surface area contributed by atoms with Crippen molar-refractivity contribution in [1.82, 2.24) is 9.97 Å². The molecule has 0 amide bonds. The summed E-state index contributed by atoms with van der Waals surface area (Å²) in [6.07, 6.45) is 6.19. The van der Waals surface area contributed by atoms with Gasteiger partial charge < -0.3 is 10.2 Å². The van der Waals surface area contributed by atoms with Crippen molar-refractivity contribution in [2.24, 2.45) is 0 Å². The molecule has 1 aliphatic carbocycles. The van der Waals surface area contributed by atoms with E-state index in [0.29, 0.717) is 12.0 Å². The molecule has 4 nitrogen and oxygen atoms in total. The van der Waals surface area contributed by atoms with Crippen molar-refractivity contribution in [1.29, 1.82) is 0 Å². The molecule has 0 aromatic carbocycles. The highest BCUT2D eigenvalue weighted by molar-refractivity contribution is 5.51. The first-order valence-corrected chi connectivity index (χ1v) is 8.55. The zero-order chi connectivity index (χ0) is 15.2. The molecule has 1 aromatic heterocycles. The summed E-state index contributed by atoms with van der Waals surface area (Å²) in [5.74, 6) is 3.41. The largest absolute Gasteiger partial charge is 0.370 e. The third-order valence-electron chi connectivity index (χ3n) is 3.84. The summed E-state index contributed by atoms with van der Waals surface area (Å²) in [5.41, 5.74) is 0. The van der Waals surface area contributed by atoms with E-state index in [9.17, 15) is 0 Å². The fourth-order valence-electron chi connectivity index (χ4n) is 2.40. The van der Waals surface area contributed by atoms with Crippen molar-refractivity contribution in [2.45, 2.75) is 71.8 Å². The lowest BCUT2D eigenvalue weighted by Gasteiger charge is -2.25. The fraction of sp³-hybridized carbons (Fsp3) is 0.765. The molecule has 0 bridgehead atoms. The minimum absolute atomic E-state index is 0.361. The Balaban J connectivity index is 2.23. The summed E-state index contributed by atoms with van der Waals surface area (Å²) in [6, 6.07) is 2.83. The lowest BCUT2D eigenvalue weighted by Crippen LogP contribution is -2.28. The topological polar surface area (TPSA) is 41.0 Å². The van der Waals surface area contributed by atoms with Crippen molar-refractivity contribution in [3.8, 4) is 0 Å². The first-order valence-electron chi connectivity index (χ1n) is 8.55. The standard InChI is InChI=1S/C17H30N4/c1-5-7-11-21(14-8-9-14)16-12-15(18-10-6-2)19-17(20-16)13(3)4/h12-14H,5-11H2,1-4H3,(H,18,19,20). The van der Waals surface area contributed by atoms with Gasteiger partial charge in [0.15, 0.2) is 0 Å². The SMILES string of the molecule is CCCCN(c1cc(NCCC)nc(C(C)C)n1)C1CC1. The zero-order valence-corrected chi connectivity index (χ0v) is 14.0. The second-order valence-electron chi connectivity index (χ2n) is 6.33. The number of anilines is 2. The predicted octanol–water partition coefficient (Wildman–Crippen LogP) is 4.19. The molecule has 0 aliphatic heterocycles. The molecule has 21 heavy (non-hydrogen) atoms. The predicted molar refractivity (Wildman–Crippen MR) is 90.2 cm³/mol. The first kappa shape index (κ1) is 16.1. The summed E-state index contributed by atoms with van der Waals surface area (Å²) in [5, 5.41) is 3.42. The van der Waals surface area contributed by atoms with Gasteiger partial charge in [-0.25, -0.2) is 9.97 Å². The second kappa shape index (κ2) is 7.62. The van der Waals surface area contributed by atoms with Crippen LogP contribution in [0.5, 0.6) is 0 Å². The van der Waals surface area contributed by atoms with E-state index in [0.717, 1.165) is 37.0 Å². The maximum Gasteiger partial charge on any atom is 0.135 e. The molecule has 0 saturated heterocycles. The summed E-state index contributed by atoms with van der Waals surface area (Å²) in [6.45, 7) is 10.8. The maximum absolute atomic E-state index is 4.83. The van der Waals surface area contributed by atoms with Gasteiger partial charge >= 0.3 is 0 Å². The van der Waals surface area contributed by atoms with E-state index in [1.165, 1.54) is 25.7 Å². The third-order valence-corrected chi connectivity index (χ3v) is 3.84. The van der Waals surface area contributed by atoms with E-state index >= 15 is 0 Å². The zero-order valence-electron chi connectivity index (χ0n) is 14.0. The second-order valence-corrected chi connectivity index (χ2v) is 6.33. The number of aromatic nitrogens is 2. The van der Waals surface area contributed by atoms with Crippen LogP contribution in [0.3, 0.4) is 0 Å². The van der Waals surface area contributed by atoms with Gasteiger partial charge in [0.1, 0.15) is 17.5 Å². The van der Waals surface area contributed by atoms with Crippen LogP contribution in [-0.4, -0.2) is 29.1 Å². The number of hydrogen-bond donors (Lipinski definition) is 1. The molecule has 4 heteroatoms. The van der Waals surface area contributed by atoms with Crippen LogP contribution >= 0.6 is 0 Å². The molecule has 0 atom stereocenters. The van der Waals surface area contributed by atoms with Crippen molar-refractivity contribution >= 4 is 11.6 Å². The summed E-state index contributed by atoms with van der Waals surface area (Å²) >= 11 is 0. The molecule has 118 valence electrons. The molecule has 0 spiro atoms. The molecule has 1 heterocycles.